The van der Waals surface area contributed by atoms with E-state index in [-0.39, 0.29) is 0 Å². The van der Waals surface area contributed by atoms with Crippen LogP contribution < -0.4 is 0 Å². The third-order valence-corrected chi connectivity index (χ3v) is 4.08. The summed E-state index contributed by atoms with van der Waals surface area (Å²) in [4.78, 5) is 0. The van der Waals surface area contributed by atoms with E-state index in [1.807, 2.05) is 30.3 Å². The molecule has 120 valence electrons. The topological polar surface area (TPSA) is 60.7 Å². The average molecular weight is 294 g/mol. The van der Waals surface area contributed by atoms with E-state index in [1.54, 1.807) is 0 Å². The lowest BCUT2D eigenvalue weighted by Gasteiger charge is -2.26. The molecule has 1 aromatic carbocycles. The summed E-state index contributed by atoms with van der Waals surface area (Å²) in [6.45, 7) is 2.19. The van der Waals surface area contributed by atoms with Crippen LogP contribution in [0.2, 0.25) is 0 Å². The number of rotatable bonds is 11. The fourth-order valence-electron chi connectivity index (χ4n) is 2.69. The molecular weight excluding hydrogens is 264 g/mol. The van der Waals surface area contributed by atoms with Crippen LogP contribution in [0.5, 0.6) is 0 Å². The van der Waals surface area contributed by atoms with Crippen molar-refractivity contribution in [3.05, 3.63) is 35.9 Å². The van der Waals surface area contributed by atoms with E-state index in [9.17, 15) is 15.3 Å². The van der Waals surface area contributed by atoms with Crippen LogP contribution in [0, 0.1) is 5.92 Å². The summed E-state index contributed by atoms with van der Waals surface area (Å²) in [5, 5.41) is 28.5. The smallest absolute Gasteiger partial charge is 0.278 e. The van der Waals surface area contributed by atoms with Gasteiger partial charge in [-0.05, 0) is 24.8 Å². The molecule has 0 aliphatic carbocycles. The van der Waals surface area contributed by atoms with Gasteiger partial charge in [-0.2, -0.15) is 0 Å². The minimum atomic E-state index is -2.56. The molecular formula is C18H30O3. The predicted octanol–water partition coefficient (Wildman–Crippen LogP) is 3.62. The molecule has 0 aliphatic heterocycles. The maximum absolute atomic E-state index is 9.51. The monoisotopic (exact) mass is 294 g/mol. The maximum Gasteiger partial charge on any atom is 0.278 e. The van der Waals surface area contributed by atoms with Gasteiger partial charge in [-0.3, -0.25) is 0 Å². The van der Waals surface area contributed by atoms with Crippen molar-refractivity contribution in [3.8, 4) is 0 Å². The van der Waals surface area contributed by atoms with Crippen molar-refractivity contribution in [2.45, 2.75) is 70.7 Å². The molecule has 3 heteroatoms. The maximum atomic E-state index is 9.51. The first-order valence-electron chi connectivity index (χ1n) is 8.25. The molecule has 1 unspecified atom stereocenters. The Morgan fingerprint density at radius 3 is 2.10 bits per heavy atom. The summed E-state index contributed by atoms with van der Waals surface area (Å²) in [6.07, 6.45) is 8.95. The molecule has 1 rings (SSSR count). The SMILES string of the molecule is CCCCCCCCC(CCc1ccccc1)C(O)(O)O. The highest BCUT2D eigenvalue weighted by Gasteiger charge is 2.31. The second-order valence-electron chi connectivity index (χ2n) is 5.96. The third-order valence-electron chi connectivity index (χ3n) is 4.08. The number of unbranched alkanes of at least 4 members (excludes halogenated alkanes) is 5. The lowest BCUT2D eigenvalue weighted by atomic mass is 9.91. The van der Waals surface area contributed by atoms with Crippen molar-refractivity contribution in [2.24, 2.45) is 5.92 Å². The molecule has 0 saturated carbocycles. The van der Waals surface area contributed by atoms with E-state index >= 15 is 0 Å². The number of aryl methyl sites for hydroxylation is 1. The molecule has 0 spiro atoms. The third kappa shape index (κ3) is 8.20. The van der Waals surface area contributed by atoms with Crippen LogP contribution >= 0.6 is 0 Å². The highest BCUT2D eigenvalue weighted by atomic mass is 16.7. The van der Waals surface area contributed by atoms with Crippen molar-refractivity contribution < 1.29 is 15.3 Å². The zero-order valence-corrected chi connectivity index (χ0v) is 13.2. The lowest BCUT2D eigenvalue weighted by Crippen LogP contribution is -2.37. The van der Waals surface area contributed by atoms with Crippen molar-refractivity contribution >= 4 is 0 Å². The van der Waals surface area contributed by atoms with Gasteiger partial charge in [0.2, 0.25) is 0 Å². The summed E-state index contributed by atoms with van der Waals surface area (Å²) < 4.78 is 0. The summed E-state index contributed by atoms with van der Waals surface area (Å²) in [7, 11) is 0. The van der Waals surface area contributed by atoms with Gasteiger partial charge in [-0.15, -0.1) is 0 Å². The Balaban J connectivity index is 2.31. The molecule has 21 heavy (non-hydrogen) atoms. The fraction of sp³-hybridized carbons (Fsp3) is 0.667. The number of benzene rings is 1. The molecule has 3 N–H and O–H groups in total. The van der Waals surface area contributed by atoms with Crippen LogP contribution in [0.3, 0.4) is 0 Å². The van der Waals surface area contributed by atoms with Gasteiger partial charge in [-0.25, -0.2) is 0 Å². The summed E-state index contributed by atoms with van der Waals surface area (Å²) in [5.74, 6) is -3.04. The molecule has 0 amide bonds. The van der Waals surface area contributed by atoms with E-state index in [2.05, 4.69) is 6.92 Å². The number of hydrogen-bond acceptors (Lipinski definition) is 3. The van der Waals surface area contributed by atoms with Crippen LogP contribution in [-0.4, -0.2) is 21.3 Å². The fourth-order valence-corrected chi connectivity index (χ4v) is 2.69. The van der Waals surface area contributed by atoms with Crippen LogP contribution in [0.1, 0.15) is 63.9 Å². The summed E-state index contributed by atoms with van der Waals surface area (Å²) in [6, 6.07) is 9.96. The Hall–Kier alpha value is -0.900. The minimum absolute atomic E-state index is 0.483. The highest BCUT2D eigenvalue weighted by molar-refractivity contribution is 5.14. The molecule has 0 bridgehead atoms. The quantitative estimate of drug-likeness (QED) is 0.431. The van der Waals surface area contributed by atoms with Gasteiger partial charge in [-0.1, -0.05) is 75.8 Å². The van der Waals surface area contributed by atoms with Crippen molar-refractivity contribution in [1.29, 1.82) is 0 Å². The van der Waals surface area contributed by atoms with E-state index in [4.69, 9.17) is 0 Å². The van der Waals surface area contributed by atoms with E-state index in [0.717, 1.165) is 24.8 Å². The molecule has 1 aromatic rings. The van der Waals surface area contributed by atoms with Crippen LogP contribution in [-0.2, 0) is 6.42 Å². The van der Waals surface area contributed by atoms with Crippen LogP contribution in [0.25, 0.3) is 0 Å². The highest BCUT2D eigenvalue weighted by Crippen LogP contribution is 2.25. The Kier molecular flexibility index (Phi) is 8.58. The molecule has 3 nitrogen and oxygen atoms in total. The lowest BCUT2D eigenvalue weighted by molar-refractivity contribution is -0.343. The first-order chi connectivity index (χ1) is 10.0. The Morgan fingerprint density at radius 2 is 1.48 bits per heavy atom. The first kappa shape index (κ1) is 18.1. The normalized spacial score (nSPS) is 13.3. The molecule has 0 heterocycles. The van der Waals surface area contributed by atoms with Gasteiger partial charge in [0.25, 0.3) is 5.97 Å². The largest absolute Gasteiger partial charge is 0.343 e. The molecule has 0 fully saturated rings. The molecule has 0 saturated heterocycles. The molecule has 0 aliphatic rings. The molecule has 1 atom stereocenters. The predicted molar refractivity (Wildman–Crippen MR) is 85.6 cm³/mol. The second-order valence-corrected chi connectivity index (χ2v) is 5.96. The Bertz CT molecular complexity index is 356. The molecule has 0 radical (unpaired) electrons. The van der Waals surface area contributed by atoms with Crippen molar-refractivity contribution in [2.75, 3.05) is 0 Å². The van der Waals surface area contributed by atoms with Crippen molar-refractivity contribution in [1.82, 2.24) is 0 Å². The van der Waals surface area contributed by atoms with E-state index in [1.165, 1.54) is 25.7 Å². The van der Waals surface area contributed by atoms with Gasteiger partial charge in [0.1, 0.15) is 0 Å². The van der Waals surface area contributed by atoms with Gasteiger partial charge < -0.3 is 15.3 Å². The number of hydrogen-bond donors (Lipinski definition) is 3. The van der Waals surface area contributed by atoms with Crippen LogP contribution in [0.15, 0.2) is 30.3 Å². The summed E-state index contributed by atoms with van der Waals surface area (Å²) in [5.41, 5.74) is 1.16. The van der Waals surface area contributed by atoms with Crippen LogP contribution in [0.4, 0.5) is 0 Å². The first-order valence-corrected chi connectivity index (χ1v) is 8.25. The Morgan fingerprint density at radius 1 is 0.857 bits per heavy atom. The molecule has 0 aromatic heterocycles. The zero-order valence-electron chi connectivity index (χ0n) is 13.2. The van der Waals surface area contributed by atoms with E-state index < -0.39 is 11.9 Å². The van der Waals surface area contributed by atoms with Crippen molar-refractivity contribution in [3.63, 3.8) is 0 Å². The van der Waals surface area contributed by atoms with Gasteiger partial charge in [0.05, 0.1) is 0 Å². The average Bonchev–Trinajstić information content (AvgIpc) is 2.45. The van der Waals surface area contributed by atoms with E-state index in [0.29, 0.717) is 12.8 Å². The minimum Gasteiger partial charge on any atom is -0.343 e. The van der Waals surface area contributed by atoms with Gasteiger partial charge >= 0.3 is 0 Å². The Labute approximate surface area is 128 Å². The standard InChI is InChI=1S/C18H30O3/c1-2-3-4-5-6-10-13-17(18(19,20)21)15-14-16-11-8-7-9-12-16/h7-9,11-12,17,19-21H,2-6,10,13-15H2,1H3. The number of aliphatic hydroxyl groups is 3. The summed E-state index contributed by atoms with van der Waals surface area (Å²) >= 11 is 0. The van der Waals surface area contributed by atoms with Gasteiger partial charge in [0, 0.05) is 5.92 Å². The second kappa shape index (κ2) is 9.93. The zero-order chi connectivity index (χ0) is 15.6. The van der Waals surface area contributed by atoms with Gasteiger partial charge in [0.15, 0.2) is 0 Å².